The Morgan fingerprint density at radius 2 is 1.85 bits per heavy atom. The van der Waals surface area contributed by atoms with Crippen LogP contribution in [0.4, 0.5) is 0 Å². The predicted molar refractivity (Wildman–Crippen MR) is 83.4 cm³/mol. The van der Waals surface area contributed by atoms with Crippen LogP contribution in [0.5, 0.6) is 0 Å². The van der Waals surface area contributed by atoms with Crippen molar-refractivity contribution in [3.05, 3.63) is 59.7 Å². The molecule has 0 radical (unpaired) electrons. The number of hydrogen-bond acceptors (Lipinski definition) is 3. The van der Waals surface area contributed by atoms with E-state index in [1.165, 1.54) is 0 Å². The molecule has 20 heavy (non-hydrogen) atoms. The molecule has 0 saturated carbocycles. The van der Waals surface area contributed by atoms with Crippen molar-refractivity contribution in [3.8, 4) is 17.2 Å². The van der Waals surface area contributed by atoms with E-state index in [0.29, 0.717) is 17.2 Å². The van der Waals surface area contributed by atoms with Gasteiger partial charge in [-0.2, -0.15) is 5.26 Å². The second kappa shape index (κ2) is 6.66. The highest BCUT2D eigenvalue weighted by atomic mass is 32.1. The van der Waals surface area contributed by atoms with Crippen LogP contribution >= 0.6 is 12.2 Å². The first-order valence-corrected chi connectivity index (χ1v) is 6.48. The molecule has 100 valence electrons. The monoisotopic (exact) mass is 282 g/mol. The maximum Gasteiger partial charge on any atom is 0.180 e. The lowest BCUT2D eigenvalue weighted by Gasteiger charge is -2.08. The maximum atomic E-state index is 9.11. The van der Waals surface area contributed by atoms with E-state index < -0.39 is 0 Å². The lowest BCUT2D eigenvalue weighted by atomic mass is 9.99. The number of nitriles is 1. The van der Waals surface area contributed by atoms with Gasteiger partial charge in [0, 0.05) is 6.54 Å². The molecule has 0 aliphatic rings. The molecule has 4 N–H and O–H groups in total. The summed E-state index contributed by atoms with van der Waals surface area (Å²) in [6.07, 6.45) is 0. The topological polar surface area (TPSA) is 73.9 Å². The van der Waals surface area contributed by atoms with Crippen molar-refractivity contribution in [2.24, 2.45) is 5.84 Å². The van der Waals surface area contributed by atoms with Crippen molar-refractivity contribution in [2.75, 3.05) is 0 Å². The Labute approximate surface area is 123 Å². The number of hydrogen-bond donors (Lipinski definition) is 3. The average molecular weight is 282 g/mol. The summed E-state index contributed by atoms with van der Waals surface area (Å²) in [5.74, 6) is 5.18. The summed E-state index contributed by atoms with van der Waals surface area (Å²) in [5, 5.41) is 12.5. The third kappa shape index (κ3) is 3.32. The van der Waals surface area contributed by atoms with Crippen molar-refractivity contribution in [1.29, 1.82) is 5.26 Å². The van der Waals surface area contributed by atoms with E-state index in [1.54, 1.807) is 0 Å². The summed E-state index contributed by atoms with van der Waals surface area (Å²) in [7, 11) is 0. The fourth-order valence-electron chi connectivity index (χ4n) is 1.87. The largest absolute Gasteiger partial charge is 0.358 e. The highest BCUT2D eigenvalue weighted by Crippen LogP contribution is 2.23. The molecule has 2 rings (SSSR count). The Kier molecular flexibility index (Phi) is 4.66. The molecule has 0 atom stereocenters. The van der Waals surface area contributed by atoms with Gasteiger partial charge in [-0.25, -0.2) is 5.84 Å². The zero-order chi connectivity index (χ0) is 14.4. The summed E-state index contributed by atoms with van der Waals surface area (Å²) >= 11 is 4.91. The molecule has 0 bridgehead atoms. The van der Waals surface area contributed by atoms with Crippen LogP contribution in [0.3, 0.4) is 0 Å². The predicted octanol–water partition coefficient (Wildman–Crippen LogP) is 2.06. The molecule has 0 fully saturated rings. The molecule has 2 aromatic carbocycles. The second-order valence-corrected chi connectivity index (χ2v) is 4.59. The smallest absolute Gasteiger partial charge is 0.180 e. The summed E-state index contributed by atoms with van der Waals surface area (Å²) in [4.78, 5) is 0. The van der Waals surface area contributed by atoms with Gasteiger partial charge in [0.1, 0.15) is 0 Å². The molecular weight excluding hydrogens is 268 g/mol. The van der Waals surface area contributed by atoms with Crippen molar-refractivity contribution < 1.29 is 0 Å². The number of rotatable bonds is 3. The van der Waals surface area contributed by atoms with Crippen LogP contribution in [0.15, 0.2) is 48.5 Å². The first-order chi connectivity index (χ1) is 9.74. The number of thiocarbonyl (C=S) groups is 1. The van der Waals surface area contributed by atoms with Crippen LogP contribution in [0, 0.1) is 11.3 Å². The minimum Gasteiger partial charge on any atom is -0.358 e. The number of nitrogens with one attached hydrogen (secondary N) is 2. The van der Waals surface area contributed by atoms with Gasteiger partial charge in [-0.3, -0.25) is 0 Å². The van der Waals surface area contributed by atoms with Crippen LogP contribution in [-0.2, 0) is 6.54 Å². The average Bonchev–Trinajstić information content (AvgIpc) is 2.53. The molecule has 0 aromatic heterocycles. The van der Waals surface area contributed by atoms with Crippen LogP contribution in [0.25, 0.3) is 11.1 Å². The van der Waals surface area contributed by atoms with E-state index in [9.17, 15) is 0 Å². The van der Waals surface area contributed by atoms with E-state index in [4.69, 9.17) is 23.3 Å². The van der Waals surface area contributed by atoms with Crippen molar-refractivity contribution in [2.45, 2.75) is 6.54 Å². The minimum atomic E-state index is 0.406. The Balaban J connectivity index is 2.16. The molecule has 0 aliphatic carbocycles. The van der Waals surface area contributed by atoms with Crippen molar-refractivity contribution >= 4 is 17.3 Å². The van der Waals surface area contributed by atoms with Gasteiger partial charge in [0.2, 0.25) is 0 Å². The van der Waals surface area contributed by atoms with Gasteiger partial charge in [0.15, 0.2) is 5.11 Å². The van der Waals surface area contributed by atoms with Crippen LogP contribution < -0.4 is 16.6 Å². The fourth-order valence-corrected chi connectivity index (χ4v) is 1.94. The van der Waals surface area contributed by atoms with Gasteiger partial charge >= 0.3 is 0 Å². The number of nitrogens with zero attached hydrogens (tertiary/aromatic N) is 1. The molecule has 0 amide bonds. The van der Waals surface area contributed by atoms with Gasteiger partial charge in [-0.05, 0) is 35.0 Å². The Morgan fingerprint density at radius 1 is 1.15 bits per heavy atom. The Morgan fingerprint density at radius 3 is 2.50 bits per heavy atom. The third-order valence-corrected chi connectivity index (χ3v) is 3.16. The molecule has 0 saturated heterocycles. The maximum absolute atomic E-state index is 9.11. The van der Waals surface area contributed by atoms with E-state index in [0.717, 1.165) is 16.7 Å². The number of benzene rings is 2. The lowest BCUT2D eigenvalue weighted by molar-refractivity contribution is 0.866. The van der Waals surface area contributed by atoms with Gasteiger partial charge in [0.25, 0.3) is 0 Å². The second-order valence-electron chi connectivity index (χ2n) is 4.18. The van der Waals surface area contributed by atoms with E-state index in [1.807, 2.05) is 48.5 Å². The van der Waals surface area contributed by atoms with E-state index in [-0.39, 0.29) is 0 Å². The lowest BCUT2D eigenvalue weighted by Crippen LogP contribution is -2.39. The molecule has 4 nitrogen and oxygen atoms in total. The molecule has 5 heteroatoms. The first kappa shape index (κ1) is 14.0. The highest BCUT2D eigenvalue weighted by molar-refractivity contribution is 7.80. The molecule has 2 aromatic rings. The molecule has 0 heterocycles. The van der Waals surface area contributed by atoms with Gasteiger partial charge < -0.3 is 10.7 Å². The van der Waals surface area contributed by atoms with E-state index in [2.05, 4.69) is 16.8 Å². The van der Waals surface area contributed by atoms with Gasteiger partial charge in [0.05, 0.1) is 11.6 Å². The Bertz CT molecular complexity index is 644. The van der Waals surface area contributed by atoms with Crippen molar-refractivity contribution in [3.63, 3.8) is 0 Å². The normalized spacial score (nSPS) is 9.60. The first-order valence-electron chi connectivity index (χ1n) is 6.07. The fraction of sp³-hybridized carbons (Fsp3) is 0.0667. The zero-order valence-corrected chi connectivity index (χ0v) is 11.6. The molecule has 0 aliphatic heterocycles. The van der Waals surface area contributed by atoms with Crippen molar-refractivity contribution in [1.82, 2.24) is 10.7 Å². The summed E-state index contributed by atoms with van der Waals surface area (Å²) < 4.78 is 0. The zero-order valence-electron chi connectivity index (χ0n) is 10.8. The van der Waals surface area contributed by atoms with Crippen LogP contribution in [0.1, 0.15) is 11.1 Å². The van der Waals surface area contributed by atoms with Gasteiger partial charge in [-0.15, -0.1) is 0 Å². The van der Waals surface area contributed by atoms with Crippen LogP contribution in [-0.4, -0.2) is 5.11 Å². The standard InChI is InChI=1S/C15H14N4S/c16-9-13-3-1-2-4-14(13)12-7-5-11(6-8-12)10-18-15(20)19-17/h1-8H,10,17H2,(H2,18,19,20). The minimum absolute atomic E-state index is 0.406. The molecule has 0 unspecified atom stereocenters. The number of hydrazine groups is 1. The summed E-state index contributed by atoms with van der Waals surface area (Å²) in [5.41, 5.74) is 6.09. The quantitative estimate of drug-likeness (QED) is 0.456. The SMILES string of the molecule is N#Cc1ccccc1-c1ccc(CNC(=S)NN)cc1. The molecule has 0 spiro atoms. The Hall–Kier alpha value is -2.42. The summed E-state index contributed by atoms with van der Waals surface area (Å²) in [6.45, 7) is 0.600. The number of nitrogens with two attached hydrogens (primary N) is 1. The third-order valence-electron chi connectivity index (χ3n) is 2.90. The summed E-state index contributed by atoms with van der Waals surface area (Å²) in [6, 6.07) is 17.7. The molecular formula is C15H14N4S. The van der Waals surface area contributed by atoms with Crippen LogP contribution in [0.2, 0.25) is 0 Å². The van der Waals surface area contributed by atoms with E-state index >= 15 is 0 Å². The van der Waals surface area contributed by atoms with Gasteiger partial charge in [-0.1, -0.05) is 42.5 Å². The highest BCUT2D eigenvalue weighted by Gasteiger charge is 2.03.